The maximum absolute atomic E-state index is 12.9. The summed E-state index contributed by atoms with van der Waals surface area (Å²) in [4.78, 5) is 15.7. The number of halogens is 2. The lowest BCUT2D eigenvalue weighted by Crippen LogP contribution is -2.40. The molecule has 0 spiro atoms. The summed E-state index contributed by atoms with van der Waals surface area (Å²) in [5.41, 5.74) is 8.87. The fourth-order valence-electron chi connectivity index (χ4n) is 2.88. The van der Waals surface area contributed by atoms with Gasteiger partial charge in [0.25, 0.3) is 0 Å². The Bertz CT molecular complexity index is 739. The van der Waals surface area contributed by atoms with Gasteiger partial charge in [0.05, 0.1) is 10.3 Å². The summed E-state index contributed by atoms with van der Waals surface area (Å²) in [6.45, 7) is 2.67. The lowest BCUT2D eigenvalue weighted by atomic mass is 9.99. The number of carbonyl (C=O) groups is 1. The van der Waals surface area contributed by atoms with E-state index in [1.807, 2.05) is 54.3 Å². The molecule has 3 rings (SSSR count). The Hall–Kier alpha value is -1.36. The molecule has 1 unspecified atom stereocenters. The summed E-state index contributed by atoms with van der Waals surface area (Å²) in [5.74, 6) is 0.0986. The van der Waals surface area contributed by atoms with Gasteiger partial charge in [-0.1, -0.05) is 29.8 Å². The molecule has 1 heterocycles. The molecule has 1 aliphatic rings. The predicted molar refractivity (Wildman–Crippen MR) is 106 cm³/mol. The zero-order chi connectivity index (χ0) is 16.4. The van der Waals surface area contributed by atoms with E-state index < -0.39 is 0 Å². The number of rotatable bonds is 3. The van der Waals surface area contributed by atoms with Crippen LogP contribution in [-0.4, -0.2) is 17.7 Å². The van der Waals surface area contributed by atoms with E-state index in [9.17, 15) is 4.79 Å². The van der Waals surface area contributed by atoms with Gasteiger partial charge in [-0.3, -0.25) is 4.79 Å². The van der Waals surface area contributed by atoms with Crippen molar-refractivity contribution in [1.29, 1.82) is 0 Å². The first kappa shape index (κ1) is 19.0. The lowest BCUT2D eigenvalue weighted by molar-refractivity contribution is -0.117. The van der Waals surface area contributed by atoms with Crippen LogP contribution >= 0.6 is 35.8 Å². The van der Waals surface area contributed by atoms with Gasteiger partial charge >= 0.3 is 0 Å². The van der Waals surface area contributed by atoms with Crippen LogP contribution in [0.25, 0.3) is 0 Å². The molecule has 2 aromatic carbocycles. The first-order valence-corrected chi connectivity index (χ1v) is 8.93. The van der Waals surface area contributed by atoms with Gasteiger partial charge < -0.3 is 10.6 Å². The minimum Gasteiger partial charge on any atom is -0.398 e. The highest BCUT2D eigenvalue weighted by Crippen LogP contribution is 2.35. The number of thioether (sulfide) groups is 1. The van der Waals surface area contributed by atoms with Gasteiger partial charge in [0.1, 0.15) is 0 Å². The van der Waals surface area contributed by atoms with Crippen molar-refractivity contribution in [3.8, 4) is 0 Å². The van der Waals surface area contributed by atoms with Gasteiger partial charge in [-0.15, -0.1) is 24.2 Å². The molecule has 2 N–H and O–H groups in total. The van der Waals surface area contributed by atoms with Crippen LogP contribution in [0.4, 0.5) is 11.4 Å². The third kappa shape index (κ3) is 3.82. The van der Waals surface area contributed by atoms with Crippen LogP contribution in [0.1, 0.15) is 18.9 Å². The van der Waals surface area contributed by atoms with Gasteiger partial charge in [-0.2, -0.15) is 0 Å². The number of hydrogen-bond donors (Lipinski definition) is 1. The minimum atomic E-state index is -0.206. The second-order valence-electron chi connectivity index (χ2n) is 5.63. The van der Waals surface area contributed by atoms with Crippen molar-refractivity contribution in [2.24, 2.45) is 0 Å². The maximum atomic E-state index is 12.9. The van der Waals surface area contributed by atoms with E-state index in [4.69, 9.17) is 17.3 Å². The van der Waals surface area contributed by atoms with Crippen LogP contribution in [0.5, 0.6) is 0 Å². The van der Waals surface area contributed by atoms with Gasteiger partial charge in [-0.05, 0) is 49.6 Å². The quantitative estimate of drug-likeness (QED) is 0.612. The molecule has 0 aliphatic carbocycles. The van der Waals surface area contributed by atoms with Crippen molar-refractivity contribution in [2.75, 3.05) is 17.2 Å². The minimum absolute atomic E-state index is 0. The molecular formula is C18H20Cl2N2OS. The number of nitrogen functional groups attached to an aromatic ring is 1. The average Bonchev–Trinajstić information content (AvgIpc) is 2.56. The molecule has 0 saturated carbocycles. The molecule has 3 nitrogen and oxygen atoms in total. The summed E-state index contributed by atoms with van der Waals surface area (Å²) in [6.07, 6.45) is 1.87. The smallest absolute Gasteiger partial charge is 0.240 e. The van der Waals surface area contributed by atoms with Gasteiger partial charge in [-0.25, -0.2) is 0 Å². The second-order valence-corrected chi connectivity index (χ2v) is 7.42. The van der Waals surface area contributed by atoms with Crippen LogP contribution in [-0.2, 0) is 11.2 Å². The SMILES string of the molecule is CC(Sc1ccccc1Cl)C(=O)N1CCCc2c(N)cccc21.Cl. The van der Waals surface area contributed by atoms with Crippen LogP contribution in [0.2, 0.25) is 5.02 Å². The molecule has 1 aliphatic heterocycles. The van der Waals surface area contributed by atoms with E-state index in [-0.39, 0.29) is 23.6 Å². The van der Waals surface area contributed by atoms with Crippen molar-refractivity contribution >= 4 is 53.1 Å². The molecule has 0 aromatic heterocycles. The summed E-state index contributed by atoms with van der Waals surface area (Å²) < 4.78 is 0. The second kappa shape index (κ2) is 8.15. The number of nitrogens with zero attached hydrogens (tertiary/aromatic N) is 1. The van der Waals surface area contributed by atoms with Crippen LogP contribution in [0.15, 0.2) is 47.4 Å². The molecule has 0 saturated heterocycles. The Kier molecular flexibility index (Phi) is 6.44. The van der Waals surface area contributed by atoms with E-state index in [2.05, 4.69) is 0 Å². The summed E-state index contributed by atoms with van der Waals surface area (Å²) >= 11 is 7.69. The van der Waals surface area contributed by atoms with E-state index in [0.29, 0.717) is 5.02 Å². The highest BCUT2D eigenvalue weighted by atomic mass is 35.5. The lowest BCUT2D eigenvalue weighted by Gasteiger charge is -2.32. The third-order valence-electron chi connectivity index (χ3n) is 4.04. The Balaban J connectivity index is 0.00000208. The van der Waals surface area contributed by atoms with Crippen molar-refractivity contribution in [1.82, 2.24) is 0 Å². The largest absolute Gasteiger partial charge is 0.398 e. The number of anilines is 2. The summed E-state index contributed by atoms with van der Waals surface area (Å²) in [7, 11) is 0. The highest BCUT2D eigenvalue weighted by molar-refractivity contribution is 8.00. The number of hydrogen-bond acceptors (Lipinski definition) is 3. The zero-order valence-corrected chi connectivity index (χ0v) is 15.8. The van der Waals surface area contributed by atoms with E-state index in [1.165, 1.54) is 11.8 Å². The number of benzene rings is 2. The Morgan fingerprint density at radius 1 is 1.25 bits per heavy atom. The Morgan fingerprint density at radius 2 is 2.00 bits per heavy atom. The number of fused-ring (bicyclic) bond motifs is 1. The zero-order valence-electron chi connectivity index (χ0n) is 13.4. The van der Waals surface area contributed by atoms with Gasteiger partial charge in [0, 0.05) is 22.8 Å². The summed E-state index contributed by atoms with van der Waals surface area (Å²) in [6, 6.07) is 13.4. The third-order valence-corrected chi connectivity index (χ3v) is 5.65. The van der Waals surface area contributed by atoms with Crippen molar-refractivity contribution in [2.45, 2.75) is 29.9 Å². The molecule has 6 heteroatoms. The maximum Gasteiger partial charge on any atom is 0.240 e. The molecule has 0 fully saturated rings. The van der Waals surface area contributed by atoms with Crippen molar-refractivity contribution in [3.63, 3.8) is 0 Å². The molecule has 2 aromatic rings. The molecule has 1 atom stereocenters. The first-order valence-electron chi connectivity index (χ1n) is 7.68. The fraction of sp³-hybridized carbons (Fsp3) is 0.278. The fourth-order valence-corrected chi connectivity index (χ4v) is 4.10. The topological polar surface area (TPSA) is 46.3 Å². The predicted octanol–water partition coefficient (Wildman–Crippen LogP) is 4.80. The van der Waals surface area contributed by atoms with Gasteiger partial charge in [0.2, 0.25) is 5.91 Å². The van der Waals surface area contributed by atoms with Crippen LogP contribution < -0.4 is 10.6 Å². The highest BCUT2D eigenvalue weighted by Gasteiger charge is 2.27. The first-order chi connectivity index (χ1) is 11.1. The molecule has 24 heavy (non-hydrogen) atoms. The number of nitrogens with two attached hydrogens (primary N) is 1. The van der Waals surface area contributed by atoms with Crippen molar-refractivity contribution in [3.05, 3.63) is 53.1 Å². The molecule has 0 radical (unpaired) electrons. The number of amides is 1. The molecule has 1 amide bonds. The van der Waals surface area contributed by atoms with Crippen molar-refractivity contribution < 1.29 is 4.79 Å². The van der Waals surface area contributed by atoms with Gasteiger partial charge in [0.15, 0.2) is 0 Å². The molecular weight excluding hydrogens is 363 g/mol. The molecule has 128 valence electrons. The van der Waals surface area contributed by atoms with E-state index in [1.54, 1.807) is 0 Å². The standard InChI is InChI=1S/C18H19ClN2OS.ClH/c1-12(23-17-10-3-2-7-14(17)19)18(22)21-11-5-6-13-15(20)8-4-9-16(13)21;/h2-4,7-10,12H,5-6,11,20H2,1H3;1H. The van der Waals surface area contributed by atoms with Crippen LogP contribution in [0, 0.1) is 0 Å². The normalized spacial score (nSPS) is 14.5. The monoisotopic (exact) mass is 382 g/mol. The average molecular weight is 383 g/mol. The summed E-state index contributed by atoms with van der Waals surface area (Å²) in [5, 5.41) is 0.475. The Labute approximate surface area is 158 Å². The van der Waals surface area contributed by atoms with E-state index >= 15 is 0 Å². The van der Waals surface area contributed by atoms with E-state index in [0.717, 1.165) is 41.2 Å². The Morgan fingerprint density at radius 3 is 2.75 bits per heavy atom. The molecule has 0 bridgehead atoms. The van der Waals surface area contributed by atoms with Crippen LogP contribution in [0.3, 0.4) is 0 Å². The number of carbonyl (C=O) groups excluding carboxylic acids is 1.